The average Bonchev–Trinajstić information content (AvgIpc) is 3.27. The lowest BCUT2D eigenvalue weighted by Crippen LogP contribution is -2.54. The number of thiophene rings is 1. The number of piperidine rings is 1. The number of fused-ring (bicyclic) bond motifs is 2. The summed E-state index contributed by atoms with van der Waals surface area (Å²) >= 11 is 1.24. The topological polar surface area (TPSA) is 86.7 Å². The van der Waals surface area contributed by atoms with Gasteiger partial charge in [-0.1, -0.05) is 6.07 Å². The molecule has 2 heterocycles. The van der Waals surface area contributed by atoms with Gasteiger partial charge in [0.25, 0.3) is 10.0 Å². The number of amides is 1. The van der Waals surface area contributed by atoms with Crippen molar-refractivity contribution in [3.05, 3.63) is 17.5 Å². The largest absolute Gasteiger partial charge is 0.390 e. The molecule has 1 saturated heterocycles. The second-order valence-corrected chi connectivity index (χ2v) is 12.9. The Balaban J connectivity index is 1.23. The van der Waals surface area contributed by atoms with Crippen LogP contribution < -0.4 is 5.32 Å². The first-order chi connectivity index (χ1) is 13.8. The van der Waals surface area contributed by atoms with Crippen molar-refractivity contribution in [3.63, 3.8) is 0 Å². The lowest BCUT2D eigenvalue weighted by molar-refractivity contribution is -0.129. The Hall–Kier alpha value is -0.960. The highest BCUT2D eigenvalue weighted by Crippen LogP contribution is 2.57. The second-order valence-electron chi connectivity index (χ2n) is 9.75. The Morgan fingerprint density at radius 1 is 1.21 bits per heavy atom. The quantitative estimate of drug-likeness (QED) is 0.757. The summed E-state index contributed by atoms with van der Waals surface area (Å²) in [6.45, 7) is 0.798. The number of sulfonamides is 1. The molecule has 4 fully saturated rings. The van der Waals surface area contributed by atoms with E-state index in [0.29, 0.717) is 42.0 Å². The summed E-state index contributed by atoms with van der Waals surface area (Å²) in [7, 11) is -3.43. The Morgan fingerprint density at radius 3 is 2.72 bits per heavy atom. The molecule has 1 aromatic rings. The first-order valence-corrected chi connectivity index (χ1v) is 13.2. The van der Waals surface area contributed by atoms with Crippen LogP contribution in [0.5, 0.6) is 0 Å². The van der Waals surface area contributed by atoms with Gasteiger partial charge in [-0.2, -0.15) is 4.31 Å². The van der Waals surface area contributed by atoms with Gasteiger partial charge in [0, 0.05) is 24.5 Å². The van der Waals surface area contributed by atoms with Gasteiger partial charge in [0.05, 0.1) is 5.60 Å². The van der Waals surface area contributed by atoms with E-state index in [1.165, 1.54) is 15.6 Å². The van der Waals surface area contributed by atoms with E-state index in [2.05, 4.69) is 5.32 Å². The summed E-state index contributed by atoms with van der Waals surface area (Å²) in [6, 6.07) is 3.39. The summed E-state index contributed by atoms with van der Waals surface area (Å²) in [6.07, 6.45) is 7.83. The van der Waals surface area contributed by atoms with Crippen molar-refractivity contribution in [2.24, 2.45) is 17.8 Å². The van der Waals surface area contributed by atoms with Crippen molar-refractivity contribution < 1.29 is 18.3 Å². The number of hydrogen-bond donors (Lipinski definition) is 2. The van der Waals surface area contributed by atoms with Gasteiger partial charge >= 0.3 is 0 Å². The smallest absolute Gasteiger partial charge is 0.252 e. The molecule has 3 aliphatic carbocycles. The van der Waals surface area contributed by atoms with Crippen LogP contribution in [0.15, 0.2) is 21.7 Å². The van der Waals surface area contributed by atoms with Crippen LogP contribution in [0.25, 0.3) is 0 Å². The lowest BCUT2D eigenvalue weighted by Gasteiger charge is -2.42. The number of rotatable bonds is 4. The summed E-state index contributed by atoms with van der Waals surface area (Å²) in [5.41, 5.74) is -0.666. The molecule has 4 atom stereocenters. The Labute approximate surface area is 176 Å². The van der Waals surface area contributed by atoms with Crippen LogP contribution in [0, 0.1) is 17.8 Å². The molecule has 4 aliphatic rings. The van der Waals surface area contributed by atoms with Crippen molar-refractivity contribution in [2.75, 3.05) is 13.1 Å². The Bertz CT molecular complexity index is 879. The van der Waals surface area contributed by atoms with Crippen LogP contribution in [0.1, 0.15) is 57.8 Å². The molecular formula is C21H30N2O4S2. The highest BCUT2D eigenvalue weighted by atomic mass is 32.2. The van der Waals surface area contributed by atoms with Crippen LogP contribution >= 0.6 is 11.3 Å². The van der Waals surface area contributed by atoms with Crippen LogP contribution in [0.2, 0.25) is 0 Å². The van der Waals surface area contributed by atoms with Crippen molar-refractivity contribution >= 4 is 27.3 Å². The first kappa shape index (κ1) is 20.0. The number of hydrogen-bond acceptors (Lipinski definition) is 5. The monoisotopic (exact) mass is 438 g/mol. The van der Waals surface area contributed by atoms with Gasteiger partial charge in [0.2, 0.25) is 5.91 Å². The summed E-state index contributed by atoms with van der Waals surface area (Å²) in [5, 5.41) is 16.2. The van der Waals surface area contributed by atoms with Crippen LogP contribution in [-0.2, 0) is 14.8 Å². The van der Waals surface area contributed by atoms with E-state index in [1.807, 2.05) is 0 Å². The molecule has 1 amide bonds. The van der Waals surface area contributed by atoms with E-state index in [4.69, 9.17) is 0 Å². The second kappa shape index (κ2) is 7.04. The molecular weight excluding hydrogens is 408 g/mol. The van der Waals surface area contributed by atoms with Gasteiger partial charge < -0.3 is 10.4 Å². The fourth-order valence-corrected chi connectivity index (χ4v) is 9.19. The minimum atomic E-state index is -3.43. The molecule has 0 radical (unpaired) electrons. The number of nitrogens with one attached hydrogen (secondary N) is 1. The predicted octanol–water partition coefficient (Wildman–Crippen LogP) is 2.74. The predicted molar refractivity (Wildman–Crippen MR) is 111 cm³/mol. The fourth-order valence-electron chi connectivity index (χ4n) is 6.58. The molecule has 3 bridgehead atoms. The Kier molecular flexibility index (Phi) is 4.85. The van der Waals surface area contributed by atoms with Crippen LogP contribution in [-0.4, -0.2) is 48.0 Å². The Morgan fingerprint density at radius 2 is 2.00 bits per heavy atom. The molecule has 1 aromatic heterocycles. The standard InChI is InChI=1S/C21H30N2O4S2/c24-19(16-4-8-23(9-5-16)29(26,27)18-3-1-10-28-18)22-20-6-2-7-21(25)13-15(12-20)11-17(21)14-20/h1,3,10,15-17,25H,2,4-9,11-14H2,(H,22,24). The zero-order valence-corrected chi connectivity index (χ0v) is 18.3. The maximum Gasteiger partial charge on any atom is 0.252 e. The molecule has 4 unspecified atom stereocenters. The highest BCUT2D eigenvalue weighted by molar-refractivity contribution is 7.91. The summed E-state index contributed by atoms with van der Waals surface area (Å²) in [5.74, 6) is 0.810. The molecule has 0 aromatic carbocycles. The van der Waals surface area contributed by atoms with Gasteiger partial charge in [-0.15, -0.1) is 11.3 Å². The molecule has 1 aliphatic heterocycles. The maximum absolute atomic E-state index is 13.1. The SMILES string of the molecule is O=C(NC12CCCC3(O)CC(CC3C1)C2)C1CCN(S(=O)(=O)c2cccs2)CC1. The van der Waals surface area contributed by atoms with Gasteiger partial charge in [-0.3, -0.25) is 4.79 Å². The number of carbonyl (C=O) groups excluding carboxylic acids is 1. The summed E-state index contributed by atoms with van der Waals surface area (Å²) in [4.78, 5) is 13.1. The zero-order chi connectivity index (χ0) is 20.3. The van der Waals surface area contributed by atoms with E-state index in [1.54, 1.807) is 17.5 Å². The lowest BCUT2D eigenvalue weighted by atomic mass is 9.73. The molecule has 8 heteroatoms. The molecule has 2 N–H and O–H groups in total. The molecule has 6 nitrogen and oxygen atoms in total. The normalized spacial score (nSPS) is 38.1. The van der Waals surface area contributed by atoms with E-state index in [-0.39, 0.29) is 17.4 Å². The van der Waals surface area contributed by atoms with Crippen molar-refractivity contribution in [1.29, 1.82) is 0 Å². The average molecular weight is 439 g/mol. The maximum atomic E-state index is 13.1. The summed E-state index contributed by atoms with van der Waals surface area (Å²) < 4.78 is 27.3. The number of carbonyl (C=O) groups is 1. The minimum Gasteiger partial charge on any atom is -0.390 e. The van der Waals surface area contributed by atoms with E-state index in [9.17, 15) is 18.3 Å². The molecule has 29 heavy (non-hydrogen) atoms. The van der Waals surface area contributed by atoms with Gasteiger partial charge in [-0.25, -0.2) is 8.42 Å². The van der Waals surface area contributed by atoms with Crippen molar-refractivity contribution in [1.82, 2.24) is 9.62 Å². The van der Waals surface area contributed by atoms with E-state index < -0.39 is 15.6 Å². The fraction of sp³-hybridized carbons (Fsp3) is 0.762. The highest BCUT2D eigenvalue weighted by Gasteiger charge is 2.56. The number of nitrogens with zero attached hydrogens (tertiary/aromatic N) is 1. The van der Waals surface area contributed by atoms with Crippen molar-refractivity contribution in [2.45, 2.75) is 73.1 Å². The van der Waals surface area contributed by atoms with Gasteiger partial charge in [0.15, 0.2) is 0 Å². The molecule has 5 rings (SSSR count). The molecule has 3 saturated carbocycles. The van der Waals surface area contributed by atoms with Crippen molar-refractivity contribution in [3.8, 4) is 0 Å². The molecule has 0 spiro atoms. The number of aliphatic hydroxyl groups is 1. The van der Waals surface area contributed by atoms with Gasteiger partial charge in [0.1, 0.15) is 4.21 Å². The minimum absolute atomic E-state index is 0.0879. The third kappa shape index (κ3) is 3.46. The van der Waals surface area contributed by atoms with E-state index in [0.717, 1.165) is 44.9 Å². The van der Waals surface area contributed by atoms with E-state index >= 15 is 0 Å². The van der Waals surface area contributed by atoms with Gasteiger partial charge in [-0.05, 0) is 81.1 Å². The third-order valence-corrected chi connectivity index (χ3v) is 11.2. The zero-order valence-electron chi connectivity index (χ0n) is 16.7. The van der Waals surface area contributed by atoms with Crippen LogP contribution in [0.3, 0.4) is 0 Å². The molecule has 160 valence electrons. The third-order valence-electron chi connectivity index (χ3n) is 7.90. The van der Waals surface area contributed by atoms with Crippen LogP contribution in [0.4, 0.5) is 0 Å². The first-order valence-electron chi connectivity index (χ1n) is 10.9.